The van der Waals surface area contributed by atoms with Crippen molar-refractivity contribution < 1.29 is 9.31 Å². The zero-order valence-corrected chi connectivity index (χ0v) is 11.2. The lowest BCUT2D eigenvalue weighted by molar-refractivity contribution is -0.385. The molecular formula is C14H18FN3O2. The molecule has 1 N–H and O–H groups in total. The molecule has 2 bridgehead atoms. The van der Waals surface area contributed by atoms with E-state index in [1.807, 2.05) is 0 Å². The Labute approximate surface area is 116 Å². The van der Waals surface area contributed by atoms with Gasteiger partial charge in [0.1, 0.15) is 5.82 Å². The van der Waals surface area contributed by atoms with Gasteiger partial charge in [-0.3, -0.25) is 15.0 Å². The Kier molecular flexibility index (Phi) is 3.67. The highest BCUT2D eigenvalue weighted by Crippen LogP contribution is 2.23. The lowest BCUT2D eigenvalue weighted by Crippen LogP contribution is -2.35. The molecule has 2 atom stereocenters. The standard InChI is InChI=1S/C14H18FN3O2/c15-14-7-13(18(19)20)4-1-10(14)8-17-6-5-11-2-3-12(9-17)16-11/h1,4,7,11-12,16H,2-3,5-6,8-9H2. The third-order valence-electron chi connectivity index (χ3n) is 4.25. The van der Waals surface area contributed by atoms with Crippen LogP contribution in [-0.2, 0) is 6.54 Å². The summed E-state index contributed by atoms with van der Waals surface area (Å²) in [4.78, 5) is 12.3. The van der Waals surface area contributed by atoms with E-state index in [2.05, 4.69) is 10.2 Å². The Morgan fingerprint density at radius 2 is 2.15 bits per heavy atom. The van der Waals surface area contributed by atoms with Crippen molar-refractivity contribution in [2.45, 2.75) is 37.9 Å². The SMILES string of the molecule is O=[N+]([O-])c1ccc(CN2CCC3CCC(C2)N3)c(F)c1. The van der Waals surface area contributed by atoms with Gasteiger partial charge in [-0.1, -0.05) is 0 Å². The molecule has 0 aliphatic carbocycles. The first kappa shape index (κ1) is 13.5. The number of hydrogen-bond acceptors (Lipinski definition) is 4. The van der Waals surface area contributed by atoms with Crippen LogP contribution in [0.4, 0.5) is 10.1 Å². The number of non-ortho nitro benzene ring substituents is 1. The van der Waals surface area contributed by atoms with E-state index in [0.29, 0.717) is 24.2 Å². The number of nitrogens with one attached hydrogen (secondary N) is 1. The van der Waals surface area contributed by atoms with E-state index < -0.39 is 10.7 Å². The van der Waals surface area contributed by atoms with Gasteiger partial charge in [-0.25, -0.2) is 4.39 Å². The molecule has 108 valence electrons. The van der Waals surface area contributed by atoms with Gasteiger partial charge in [-0.2, -0.15) is 0 Å². The number of nitro groups is 1. The van der Waals surface area contributed by atoms with E-state index in [1.54, 1.807) is 0 Å². The predicted molar refractivity (Wildman–Crippen MR) is 72.9 cm³/mol. The minimum atomic E-state index is -0.568. The molecule has 2 aliphatic heterocycles. The van der Waals surface area contributed by atoms with Gasteiger partial charge in [0.2, 0.25) is 0 Å². The summed E-state index contributed by atoms with van der Waals surface area (Å²) < 4.78 is 13.9. The number of hydrogen-bond donors (Lipinski definition) is 1. The Balaban J connectivity index is 1.69. The number of nitro benzene ring substituents is 1. The van der Waals surface area contributed by atoms with Crippen LogP contribution < -0.4 is 5.32 Å². The molecule has 20 heavy (non-hydrogen) atoms. The molecule has 2 aliphatic rings. The summed E-state index contributed by atoms with van der Waals surface area (Å²) in [5, 5.41) is 14.2. The lowest BCUT2D eigenvalue weighted by Gasteiger charge is -2.24. The number of halogens is 1. The highest BCUT2D eigenvalue weighted by Gasteiger charge is 2.29. The highest BCUT2D eigenvalue weighted by atomic mass is 19.1. The molecule has 6 heteroatoms. The smallest absolute Gasteiger partial charge is 0.272 e. The van der Waals surface area contributed by atoms with Crippen LogP contribution in [0.3, 0.4) is 0 Å². The second-order valence-electron chi connectivity index (χ2n) is 5.69. The van der Waals surface area contributed by atoms with Crippen LogP contribution in [0.15, 0.2) is 18.2 Å². The van der Waals surface area contributed by atoms with E-state index in [0.717, 1.165) is 25.6 Å². The van der Waals surface area contributed by atoms with Crippen molar-refractivity contribution in [1.82, 2.24) is 10.2 Å². The van der Waals surface area contributed by atoms with Crippen molar-refractivity contribution in [1.29, 1.82) is 0 Å². The molecule has 5 nitrogen and oxygen atoms in total. The van der Waals surface area contributed by atoms with Crippen LogP contribution >= 0.6 is 0 Å². The molecule has 2 saturated heterocycles. The maximum Gasteiger partial charge on any atom is 0.272 e. The first-order chi connectivity index (χ1) is 9.61. The summed E-state index contributed by atoms with van der Waals surface area (Å²) in [6.07, 6.45) is 3.51. The van der Waals surface area contributed by atoms with Crippen LogP contribution in [0.25, 0.3) is 0 Å². The fourth-order valence-electron chi connectivity index (χ4n) is 3.18. The summed E-state index contributed by atoms with van der Waals surface area (Å²) in [5.74, 6) is -0.485. The van der Waals surface area contributed by atoms with Crippen LogP contribution in [0.5, 0.6) is 0 Å². The van der Waals surface area contributed by atoms with Gasteiger partial charge in [-0.05, 0) is 25.3 Å². The Morgan fingerprint density at radius 3 is 2.90 bits per heavy atom. The van der Waals surface area contributed by atoms with Gasteiger partial charge in [0, 0.05) is 43.3 Å². The Morgan fingerprint density at radius 1 is 1.35 bits per heavy atom. The molecule has 3 rings (SSSR count). The fourth-order valence-corrected chi connectivity index (χ4v) is 3.18. The Hall–Kier alpha value is -1.53. The largest absolute Gasteiger partial charge is 0.310 e. The van der Waals surface area contributed by atoms with E-state index >= 15 is 0 Å². The normalized spacial score (nSPS) is 26.4. The fraction of sp³-hybridized carbons (Fsp3) is 0.571. The third kappa shape index (κ3) is 2.81. The van der Waals surface area contributed by atoms with Gasteiger partial charge in [0.05, 0.1) is 11.0 Å². The average Bonchev–Trinajstić information content (AvgIpc) is 2.74. The maximum absolute atomic E-state index is 13.9. The number of rotatable bonds is 3. The average molecular weight is 279 g/mol. The van der Waals surface area contributed by atoms with E-state index in [4.69, 9.17) is 0 Å². The van der Waals surface area contributed by atoms with E-state index in [1.165, 1.54) is 25.0 Å². The molecule has 0 saturated carbocycles. The van der Waals surface area contributed by atoms with E-state index in [-0.39, 0.29) is 5.69 Å². The second kappa shape index (κ2) is 5.46. The monoisotopic (exact) mass is 279 g/mol. The summed E-state index contributed by atoms with van der Waals surface area (Å²) in [5.41, 5.74) is 0.344. The van der Waals surface area contributed by atoms with E-state index in [9.17, 15) is 14.5 Å². The number of benzene rings is 1. The summed E-state index contributed by atoms with van der Waals surface area (Å²) in [6, 6.07) is 5.03. The molecule has 2 unspecified atom stereocenters. The third-order valence-corrected chi connectivity index (χ3v) is 4.25. The zero-order valence-electron chi connectivity index (χ0n) is 11.2. The molecule has 1 aromatic rings. The summed E-state index contributed by atoms with van der Waals surface area (Å²) in [7, 11) is 0. The highest BCUT2D eigenvalue weighted by molar-refractivity contribution is 5.34. The van der Waals surface area contributed by atoms with Crippen molar-refractivity contribution in [3.05, 3.63) is 39.7 Å². The van der Waals surface area contributed by atoms with Gasteiger partial charge in [0.15, 0.2) is 0 Å². The van der Waals surface area contributed by atoms with Crippen molar-refractivity contribution in [3.63, 3.8) is 0 Å². The van der Waals surface area contributed by atoms with Crippen molar-refractivity contribution in [2.75, 3.05) is 13.1 Å². The first-order valence-electron chi connectivity index (χ1n) is 7.03. The van der Waals surface area contributed by atoms with Crippen molar-refractivity contribution in [3.8, 4) is 0 Å². The molecule has 0 radical (unpaired) electrons. The minimum absolute atomic E-state index is 0.192. The van der Waals surface area contributed by atoms with Crippen LogP contribution in [0.1, 0.15) is 24.8 Å². The summed E-state index contributed by atoms with van der Waals surface area (Å²) >= 11 is 0. The molecule has 0 amide bonds. The molecular weight excluding hydrogens is 261 g/mol. The molecule has 0 aromatic heterocycles. The summed E-state index contributed by atoms with van der Waals surface area (Å²) in [6.45, 7) is 2.40. The molecule has 1 aromatic carbocycles. The lowest BCUT2D eigenvalue weighted by atomic mass is 10.1. The van der Waals surface area contributed by atoms with Crippen molar-refractivity contribution in [2.24, 2.45) is 0 Å². The first-order valence-corrected chi connectivity index (χ1v) is 7.03. The van der Waals surface area contributed by atoms with Gasteiger partial charge >= 0.3 is 0 Å². The maximum atomic E-state index is 13.9. The molecule has 2 fully saturated rings. The topological polar surface area (TPSA) is 58.4 Å². The van der Waals surface area contributed by atoms with Gasteiger partial charge in [0.25, 0.3) is 5.69 Å². The number of likely N-dealkylation sites (tertiary alicyclic amines) is 1. The quantitative estimate of drug-likeness (QED) is 0.679. The van der Waals surface area contributed by atoms with Gasteiger partial charge < -0.3 is 5.32 Å². The molecule has 0 spiro atoms. The zero-order chi connectivity index (χ0) is 14.1. The number of fused-ring (bicyclic) bond motifs is 2. The second-order valence-corrected chi connectivity index (χ2v) is 5.69. The van der Waals surface area contributed by atoms with Crippen LogP contribution in [-0.4, -0.2) is 35.0 Å². The molecule has 2 heterocycles. The predicted octanol–water partition coefficient (Wildman–Crippen LogP) is 2.06. The van der Waals surface area contributed by atoms with Gasteiger partial charge in [-0.15, -0.1) is 0 Å². The van der Waals surface area contributed by atoms with Crippen LogP contribution in [0.2, 0.25) is 0 Å². The number of nitrogens with zero attached hydrogens (tertiary/aromatic N) is 2. The van der Waals surface area contributed by atoms with Crippen LogP contribution in [0, 0.1) is 15.9 Å². The van der Waals surface area contributed by atoms with Crippen molar-refractivity contribution >= 4 is 5.69 Å². The Bertz CT molecular complexity index is 523. The minimum Gasteiger partial charge on any atom is -0.310 e.